The molecule has 0 aromatic heterocycles. The summed E-state index contributed by atoms with van der Waals surface area (Å²) in [7, 11) is 0. The van der Waals surface area contributed by atoms with Crippen LogP contribution in [0.25, 0.3) is 0 Å². The Labute approximate surface area is 86.0 Å². The van der Waals surface area contributed by atoms with Gasteiger partial charge in [-0.3, -0.25) is 0 Å². The van der Waals surface area contributed by atoms with Crippen LogP contribution < -0.4 is 0 Å². The van der Waals surface area contributed by atoms with Crippen molar-refractivity contribution in [2.24, 2.45) is 5.41 Å². The van der Waals surface area contributed by atoms with E-state index < -0.39 is 0 Å². The Kier molecular flexibility index (Phi) is 2.24. The van der Waals surface area contributed by atoms with Crippen LogP contribution in [0.2, 0.25) is 0 Å². The monoisotopic (exact) mass is 196 g/mol. The lowest BCUT2D eigenvalue weighted by Gasteiger charge is -2.42. The molecule has 1 N–H and O–H groups in total. The van der Waals surface area contributed by atoms with Crippen molar-refractivity contribution >= 4 is 0 Å². The van der Waals surface area contributed by atoms with Gasteiger partial charge in [0.25, 0.3) is 0 Å². The van der Waals surface area contributed by atoms with Gasteiger partial charge in [-0.05, 0) is 37.2 Å². The highest BCUT2D eigenvalue weighted by atomic mass is 16.5. The largest absolute Gasteiger partial charge is 0.393 e. The van der Waals surface area contributed by atoms with Gasteiger partial charge in [-0.1, -0.05) is 19.9 Å². The fraction of sp³-hybridized carbons (Fsp3) is 0.833. The molecule has 2 unspecified atom stereocenters. The van der Waals surface area contributed by atoms with E-state index in [4.69, 9.17) is 9.84 Å². The van der Waals surface area contributed by atoms with Gasteiger partial charge >= 0.3 is 0 Å². The Bertz CT molecular complexity index is 267. The predicted octanol–water partition coefficient (Wildman–Crippen LogP) is 2.27. The van der Waals surface area contributed by atoms with Gasteiger partial charge in [-0.15, -0.1) is 0 Å². The smallest absolute Gasteiger partial charge is 0.100 e. The minimum absolute atomic E-state index is 0.0765. The molecule has 2 nitrogen and oxygen atoms in total. The second-order valence-corrected chi connectivity index (χ2v) is 5.39. The van der Waals surface area contributed by atoms with Gasteiger partial charge in [0.05, 0.1) is 12.2 Å². The summed E-state index contributed by atoms with van der Waals surface area (Å²) in [5, 5.41) is 9.13. The van der Waals surface area contributed by atoms with Gasteiger partial charge in [-0.2, -0.15) is 0 Å². The molecule has 2 heteroatoms. The zero-order chi connectivity index (χ0) is 10.4. The zero-order valence-corrected chi connectivity index (χ0v) is 9.34. The molecular weight excluding hydrogens is 176 g/mol. The molecular formula is C12H20O2. The summed E-state index contributed by atoms with van der Waals surface area (Å²) in [6.07, 6.45) is 5.61. The van der Waals surface area contributed by atoms with Crippen LogP contribution in [-0.4, -0.2) is 23.4 Å². The van der Waals surface area contributed by atoms with Gasteiger partial charge in [0, 0.05) is 0 Å². The molecule has 0 saturated heterocycles. The summed E-state index contributed by atoms with van der Waals surface area (Å²) in [4.78, 5) is 0. The molecule has 2 atom stereocenters. The molecule has 0 aromatic rings. The molecule has 1 saturated carbocycles. The highest BCUT2D eigenvalue weighted by molar-refractivity contribution is 5.30. The standard InChI is InChI=1S/C12H20O2/c1-11(2)5-4-6-12(3)10(11)7-9(8-13)14-12/h7,9,13H,4-6,8H2,1-3H3. The molecule has 0 aromatic carbocycles. The molecule has 1 aliphatic carbocycles. The lowest BCUT2D eigenvalue weighted by atomic mass is 9.67. The molecule has 14 heavy (non-hydrogen) atoms. The van der Waals surface area contributed by atoms with Crippen molar-refractivity contribution in [3.05, 3.63) is 11.6 Å². The van der Waals surface area contributed by atoms with E-state index in [1.165, 1.54) is 18.4 Å². The van der Waals surface area contributed by atoms with Crippen LogP contribution in [0, 0.1) is 5.41 Å². The first-order valence-electron chi connectivity index (χ1n) is 5.49. The van der Waals surface area contributed by atoms with E-state index in [2.05, 4.69) is 26.8 Å². The quantitative estimate of drug-likeness (QED) is 0.652. The molecule has 0 bridgehead atoms. The summed E-state index contributed by atoms with van der Waals surface area (Å²) in [6.45, 7) is 6.82. The first-order valence-corrected chi connectivity index (χ1v) is 5.49. The minimum Gasteiger partial charge on any atom is -0.393 e. The summed E-state index contributed by atoms with van der Waals surface area (Å²) < 4.78 is 5.90. The van der Waals surface area contributed by atoms with E-state index in [0.717, 1.165) is 6.42 Å². The van der Waals surface area contributed by atoms with E-state index in [1.54, 1.807) is 0 Å². The second-order valence-electron chi connectivity index (χ2n) is 5.39. The minimum atomic E-state index is -0.102. The molecule has 0 spiro atoms. The SMILES string of the molecule is CC1(C)CCCC2(C)OC(CO)C=C12. The van der Waals surface area contributed by atoms with Gasteiger partial charge in [0.15, 0.2) is 0 Å². The van der Waals surface area contributed by atoms with Gasteiger partial charge < -0.3 is 9.84 Å². The van der Waals surface area contributed by atoms with Crippen LogP contribution in [0.5, 0.6) is 0 Å². The summed E-state index contributed by atoms with van der Waals surface area (Å²) >= 11 is 0. The van der Waals surface area contributed by atoms with Crippen LogP contribution in [0.3, 0.4) is 0 Å². The van der Waals surface area contributed by atoms with Crippen molar-refractivity contribution in [1.29, 1.82) is 0 Å². The van der Waals surface area contributed by atoms with E-state index in [9.17, 15) is 0 Å². The van der Waals surface area contributed by atoms with Crippen LogP contribution >= 0.6 is 0 Å². The summed E-state index contributed by atoms with van der Waals surface area (Å²) in [6, 6.07) is 0. The normalized spacial score (nSPS) is 40.6. The van der Waals surface area contributed by atoms with Crippen LogP contribution in [0.4, 0.5) is 0 Å². The van der Waals surface area contributed by atoms with Crippen molar-refractivity contribution in [1.82, 2.24) is 0 Å². The number of hydrogen-bond acceptors (Lipinski definition) is 2. The van der Waals surface area contributed by atoms with Crippen molar-refractivity contribution in [2.45, 2.75) is 51.7 Å². The Morgan fingerprint density at radius 2 is 2.14 bits per heavy atom. The lowest BCUT2D eigenvalue weighted by Crippen LogP contribution is -2.39. The van der Waals surface area contributed by atoms with Crippen molar-refractivity contribution in [3.8, 4) is 0 Å². The lowest BCUT2D eigenvalue weighted by molar-refractivity contribution is -0.0590. The molecule has 2 aliphatic rings. The van der Waals surface area contributed by atoms with E-state index in [0.29, 0.717) is 0 Å². The second kappa shape index (κ2) is 3.07. The van der Waals surface area contributed by atoms with E-state index in [-0.39, 0.29) is 23.7 Å². The molecule has 2 rings (SSSR count). The Morgan fingerprint density at radius 1 is 1.43 bits per heavy atom. The first-order chi connectivity index (χ1) is 6.48. The number of aliphatic hydroxyl groups excluding tert-OH is 1. The van der Waals surface area contributed by atoms with E-state index in [1.807, 2.05) is 0 Å². The maximum atomic E-state index is 9.13. The molecule has 1 heterocycles. The molecule has 0 radical (unpaired) electrons. The van der Waals surface area contributed by atoms with Crippen molar-refractivity contribution in [2.75, 3.05) is 6.61 Å². The third-order valence-corrected chi connectivity index (χ3v) is 3.70. The third kappa shape index (κ3) is 1.41. The topological polar surface area (TPSA) is 29.5 Å². The van der Waals surface area contributed by atoms with Crippen LogP contribution in [0.1, 0.15) is 40.0 Å². The summed E-state index contributed by atoms with van der Waals surface area (Å²) in [5.41, 5.74) is 1.54. The van der Waals surface area contributed by atoms with Crippen LogP contribution in [-0.2, 0) is 4.74 Å². The van der Waals surface area contributed by atoms with Gasteiger partial charge in [0.2, 0.25) is 0 Å². The van der Waals surface area contributed by atoms with Gasteiger partial charge in [0.1, 0.15) is 6.10 Å². The van der Waals surface area contributed by atoms with E-state index >= 15 is 0 Å². The number of aliphatic hydroxyl groups is 1. The first kappa shape index (κ1) is 10.2. The highest BCUT2D eigenvalue weighted by Crippen LogP contribution is 2.50. The number of hydrogen-bond donors (Lipinski definition) is 1. The number of rotatable bonds is 1. The average molecular weight is 196 g/mol. The fourth-order valence-corrected chi connectivity index (χ4v) is 3.02. The Morgan fingerprint density at radius 3 is 2.71 bits per heavy atom. The molecule has 1 aliphatic heterocycles. The maximum Gasteiger partial charge on any atom is 0.100 e. The molecule has 80 valence electrons. The molecule has 0 amide bonds. The molecule has 1 fully saturated rings. The summed E-state index contributed by atoms with van der Waals surface area (Å²) in [5.74, 6) is 0. The number of fused-ring (bicyclic) bond motifs is 1. The van der Waals surface area contributed by atoms with Crippen LogP contribution in [0.15, 0.2) is 11.6 Å². The Balaban J connectivity index is 2.32. The van der Waals surface area contributed by atoms with Crippen molar-refractivity contribution in [3.63, 3.8) is 0 Å². The maximum absolute atomic E-state index is 9.13. The number of ether oxygens (including phenoxy) is 1. The fourth-order valence-electron chi connectivity index (χ4n) is 3.02. The van der Waals surface area contributed by atoms with Crippen molar-refractivity contribution < 1.29 is 9.84 Å². The highest BCUT2D eigenvalue weighted by Gasteiger charge is 2.47. The predicted molar refractivity (Wildman–Crippen MR) is 56.1 cm³/mol. The third-order valence-electron chi connectivity index (χ3n) is 3.70. The Hall–Kier alpha value is -0.340. The van der Waals surface area contributed by atoms with Gasteiger partial charge in [-0.25, -0.2) is 0 Å². The average Bonchev–Trinajstić information content (AvgIpc) is 2.43. The zero-order valence-electron chi connectivity index (χ0n) is 9.34.